The van der Waals surface area contributed by atoms with E-state index in [4.69, 9.17) is 0 Å². The molecule has 1 N–H and O–H groups in total. The molecular weight excluding hydrogens is 378 g/mol. The first-order valence-electron chi connectivity index (χ1n) is 6.92. The second-order valence-corrected chi connectivity index (χ2v) is 7.29. The van der Waals surface area contributed by atoms with Crippen molar-refractivity contribution in [3.8, 4) is 0 Å². The van der Waals surface area contributed by atoms with Crippen LogP contribution in [0, 0.1) is 6.92 Å². The Bertz CT molecular complexity index is 637. The number of anilines is 1. The molecule has 0 aliphatic heterocycles. The third-order valence-corrected chi connectivity index (χ3v) is 4.93. The summed E-state index contributed by atoms with van der Waals surface area (Å²) in [5.74, 6) is 0. The maximum atomic E-state index is 3.70. The van der Waals surface area contributed by atoms with Crippen LogP contribution in [0.2, 0.25) is 0 Å². The molecule has 0 amide bonds. The zero-order valence-electron chi connectivity index (χ0n) is 11.4. The number of fused-ring (bicyclic) bond motifs is 1. The molecule has 0 fully saturated rings. The van der Waals surface area contributed by atoms with Gasteiger partial charge in [-0.05, 0) is 73.2 Å². The molecule has 1 atom stereocenters. The van der Waals surface area contributed by atoms with Gasteiger partial charge in [-0.1, -0.05) is 37.9 Å². The van der Waals surface area contributed by atoms with Crippen LogP contribution in [-0.2, 0) is 12.8 Å². The van der Waals surface area contributed by atoms with E-state index in [1.807, 2.05) is 0 Å². The molecule has 1 nitrogen and oxygen atoms in total. The standard InChI is InChI=1S/C17H17Br2N/c1-11-8-14(18)5-7-17(11)20-16-6-3-12-9-15(19)4-2-13(12)10-16/h2,4-5,7-9,16,20H,3,6,10H2,1H3. The van der Waals surface area contributed by atoms with Crippen LogP contribution in [0.4, 0.5) is 5.69 Å². The summed E-state index contributed by atoms with van der Waals surface area (Å²) in [6.45, 7) is 2.15. The fraction of sp³-hybridized carbons (Fsp3) is 0.294. The Balaban J connectivity index is 1.75. The fourth-order valence-corrected chi connectivity index (χ4v) is 3.74. The van der Waals surface area contributed by atoms with E-state index >= 15 is 0 Å². The van der Waals surface area contributed by atoms with Gasteiger partial charge < -0.3 is 5.32 Å². The van der Waals surface area contributed by atoms with Gasteiger partial charge in [0.2, 0.25) is 0 Å². The van der Waals surface area contributed by atoms with Crippen molar-refractivity contribution in [2.24, 2.45) is 0 Å². The van der Waals surface area contributed by atoms with Crippen LogP contribution in [0.15, 0.2) is 45.3 Å². The number of benzene rings is 2. The summed E-state index contributed by atoms with van der Waals surface area (Å²) in [4.78, 5) is 0. The average Bonchev–Trinajstić information content (AvgIpc) is 2.42. The highest BCUT2D eigenvalue weighted by Crippen LogP contribution is 2.28. The van der Waals surface area contributed by atoms with Gasteiger partial charge in [-0.2, -0.15) is 0 Å². The average molecular weight is 395 g/mol. The Kier molecular flexibility index (Phi) is 4.18. The topological polar surface area (TPSA) is 12.0 Å². The van der Waals surface area contributed by atoms with E-state index < -0.39 is 0 Å². The zero-order valence-corrected chi connectivity index (χ0v) is 14.6. The molecular formula is C17H17Br2N. The van der Waals surface area contributed by atoms with Crippen LogP contribution in [0.3, 0.4) is 0 Å². The van der Waals surface area contributed by atoms with Gasteiger partial charge in [0.1, 0.15) is 0 Å². The van der Waals surface area contributed by atoms with Crippen molar-refractivity contribution in [2.75, 3.05) is 5.32 Å². The van der Waals surface area contributed by atoms with Crippen LogP contribution < -0.4 is 5.32 Å². The lowest BCUT2D eigenvalue weighted by Gasteiger charge is -2.27. The Labute approximate surface area is 137 Å². The molecule has 0 saturated carbocycles. The zero-order chi connectivity index (χ0) is 14.1. The number of hydrogen-bond acceptors (Lipinski definition) is 1. The van der Waals surface area contributed by atoms with E-state index in [0.29, 0.717) is 6.04 Å². The van der Waals surface area contributed by atoms with Gasteiger partial charge in [-0.3, -0.25) is 0 Å². The summed E-state index contributed by atoms with van der Waals surface area (Å²) in [5.41, 5.74) is 5.51. The lowest BCUT2D eigenvalue weighted by atomic mass is 9.88. The summed E-state index contributed by atoms with van der Waals surface area (Å²) in [6, 6.07) is 13.6. The molecule has 0 saturated heterocycles. The van der Waals surface area contributed by atoms with Crippen LogP contribution in [0.5, 0.6) is 0 Å². The molecule has 0 spiro atoms. The van der Waals surface area contributed by atoms with Gasteiger partial charge in [-0.15, -0.1) is 0 Å². The predicted octanol–water partition coefficient (Wildman–Crippen LogP) is 5.49. The van der Waals surface area contributed by atoms with Crippen molar-refractivity contribution in [3.63, 3.8) is 0 Å². The summed E-state index contributed by atoms with van der Waals surface area (Å²) >= 11 is 7.07. The molecule has 3 rings (SSSR count). The lowest BCUT2D eigenvalue weighted by Crippen LogP contribution is -2.27. The van der Waals surface area contributed by atoms with Gasteiger partial charge in [0, 0.05) is 20.7 Å². The Hall–Kier alpha value is -0.800. The maximum Gasteiger partial charge on any atom is 0.0372 e. The number of nitrogens with one attached hydrogen (secondary N) is 1. The van der Waals surface area contributed by atoms with Crippen molar-refractivity contribution >= 4 is 37.5 Å². The third-order valence-electron chi connectivity index (χ3n) is 3.94. The normalized spacial score (nSPS) is 17.6. The van der Waals surface area contributed by atoms with E-state index in [9.17, 15) is 0 Å². The Morgan fingerprint density at radius 2 is 1.75 bits per heavy atom. The summed E-state index contributed by atoms with van der Waals surface area (Å²) in [6.07, 6.45) is 3.46. The van der Waals surface area contributed by atoms with E-state index in [1.54, 1.807) is 0 Å². The smallest absolute Gasteiger partial charge is 0.0372 e. The predicted molar refractivity (Wildman–Crippen MR) is 92.5 cm³/mol. The number of rotatable bonds is 2. The molecule has 104 valence electrons. The summed E-state index contributed by atoms with van der Waals surface area (Å²) < 4.78 is 2.32. The molecule has 1 aliphatic rings. The molecule has 2 aromatic carbocycles. The van der Waals surface area contributed by atoms with Crippen molar-refractivity contribution < 1.29 is 0 Å². The minimum absolute atomic E-state index is 0.531. The summed E-state index contributed by atoms with van der Waals surface area (Å²) in [5, 5.41) is 3.70. The largest absolute Gasteiger partial charge is 0.382 e. The second-order valence-electron chi connectivity index (χ2n) is 5.46. The van der Waals surface area contributed by atoms with Crippen LogP contribution in [0.25, 0.3) is 0 Å². The number of halogens is 2. The molecule has 3 heteroatoms. The highest BCUT2D eigenvalue weighted by molar-refractivity contribution is 9.10. The van der Waals surface area contributed by atoms with Gasteiger partial charge in [0.15, 0.2) is 0 Å². The molecule has 0 aromatic heterocycles. The van der Waals surface area contributed by atoms with Gasteiger partial charge in [0.25, 0.3) is 0 Å². The van der Waals surface area contributed by atoms with Crippen LogP contribution in [0.1, 0.15) is 23.1 Å². The van der Waals surface area contributed by atoms with Crippen LogP contribution in [-0.4, -0.2) is 6.04 Å². The quantitative estimate of drug-likeness (QED) is 0.709. The first-order chi connectivity index (χ1) is 9.61. The Morgan fingerprint density at radius 3 is 2.55 bits per heavy atom. The molecule has 0 bridgehead atoms. The van der Waals surface area contributed by atoms with Crippen molar-refractivity contribution in [3.05, 3.63) is 62.0 Å². The van der Waals surface area contributed by atoms with Gasteiger partial charge in [0.05, 0.1) is 0 Å². The number of aryl methyl sites for hydroxylation is 2. The molecule has 1 unspecified atom stereocenters. The molecule has 20 heavy (non-hydrogen) atoms. The molecule has 0 heterocycles. The van der Waals surface area contributed by atoms with E-state index in [2.05, 4.69) is 80.5 Å². The Morgan fingerprint density at radius 1 is 1.00 bits per heavy atom. The monoisotopic (exact) mass is 393 g/mol. The van der Waals surface area contributed by atoms with E-state index in [-0.39, 0.29) is 0 Å². The minimum atomic E-state index is 0.531. The van der Waals surface area contributed by atoms with E-state index in [1.165, 1.54) is 33.3 Å². The van der Waals surface area contributed by atoms with Crippen molar-refractivity contribution in [1.82, 2.24) is 0 Å². The van der Waals surface area contributed by atoms with Crippen LogP contribution >= 0.6 is 31.9 Å². The second kappa shape index (κ2) is 5.90. The lowest BCUT2D eigenvalue weighted by molar-refractivity contribution is 0.610. The molecule has 2 aromatic rings. The highest BCUT2D eigenvalue weighted by atomic mass is 79.9. The third kappa shape index (κ3) is 3.09. The summed E-state index contributed by atoms with van der Waals surface area (Å²) in [7, 11) is 0. The van der Waals surface area contributed by atoms with Crippen molar-refractivity contribution in [1.29, 1.82) is 0 Å². The molecule has 1 aliphatic carbocycles. The maximum absolute atomic E-state index is 3.70. The first kappa shape index (κ1) is 14.2. The fourth-order valence-electron chi connectivity index (χ4n) is 2.86. The number of hydrogen-bond donors (Lipinski definition) is 1. The molecule has 0 radical (unpaired) electrons. The van der Waals surface area contributed by atoms with Gasteiger partial charge >= 0.3 is 0 Å². The van der Waals surface area contributed by atoms with Gasteiger partial charge in [-0.25, -0.2) is 0 Å². The minimum Gasteiger partial charge on any atom is -0.382 e. The van der Waals surface area contributed by atoms with Crippen molar-refractivity contribution in [2.45, 2.75) is 32.2 Å². The SMILES string of the molecule is Cc1cc(Br)ccc1NC1CCc2cc(Br)ccc2C1. The highest BCUT2D eigenvalue weighted by Gasteiger charge is 2.19. The van der Waals surface area contributed by atoms with E-state index in [0.717, 1.165) is 17.3 Å². The first-order valence-corrected chi connectivity index (χ1v) is 8.50.